The number of carbonyl (C=O) groups excluding carboxylic acids is 1. The molecule has 0 saturated heterocycles. The van der Waals surface area contributed by atoms with Gasteiger partial charge in [0.2, 0.25) is 0 Å². The topological polar surface area (TPSA) is 67.2 Å². The summed E-state index contributed by atoms with van der Waals surface area (Å²) in [5, 5.41) is 11.7. The van der Waals surface area contributed by atoms with Crippen molar-refractivity contribution in [3.05, 3.63) is 48.0 Å². The molecule has 0 spiro atoms. The van der Waals surface area contributed by atoms with E-state index < -0.39 is 0 Å². The number of rotatable bonds is 8. The van der Waals surface area contributed by atoms with Crippen LogP contribution in [0, 0.1) is 0 Å². The van der Waals surface area contributed by atoms with E-state index in [0.29, 0.717) is 17.9 Å². The van der Waals surface area contributed by atoms with Crippen molar-refractivity contribution in [2.75, 3.05) is 18.9 Å². The van der Waals surface area contributed by atoms with Gasteiger partial charge in [-0.2, -0.15) is 0 Å². The second-order valence-electron chi connectivity index (χ2n) is 4.74. The lowest BCUT2D eigenvalue weighted by atomic mass is 10.2. The molecule has 0 aliphatic rings. The molecule has 2 aromatic rings. The monoisotopic (exact) mass is 319 g/mol. The maximum atomic E-state index is 12.1. The molecule has 1 amide bonds. The predicted octanol–water partition coefficient (Wildman–Crippen LogP) is 1.96. The smallest absolute Gasteiger partial charge is 0.251 e. The number of benzene rings is 1. The van der Waals surface area contributed by atoms with E-state index in [9.17, 15) is 4.79 Å². The Morgan fingerprint density at radius 2 is 2.14 bits per heavy atom. The summed E-state index contributed by atoms with van der Waals surface area (Å²) in [5.41, 5.74) is 0.648. The third kappa shape index (κ3) is 4.61. The lowest BCUT2D eigenvalue weighted by molar-refractivity contribution is 0.0952. The first-order valence-electron chi connectivity index (χ1n) is 7.36. The summed E-state index contributed by atoms with van der Waals surface area (Å²) in [6.07, 6.45) is 4.59. The number of thioether (sulfide) groups is 1. The van der Waals surface area contributed by atoms with Gasteiger partial charge in [0.25, 0.3) is 5.91 Å². The van der Waals surface area contributed by atoms with Crippen LogP contribution in [0.3, 0.4) is 0 Å². The van der Waals surface area contributed by atoms with Crippen molar-refractivity contribution in [3.8, 4) is 0 Å². The predicted molar refractivity (Wildman–Crippen MR) is 88.2 cm³/mol. The third-order valence-electron chi connectivity index (χ3n) is 3.23. The van der Waals surface area contributed by atoms with Crippen molar-refractivity contribution in [3.63, 3.8) is 0 Å². The Bertz CT molecular complexity index is 596. The molecule has 0 saturated carbocycles. The molecule has 0 atom stereocenters. The largest absolute Gasteiger partial charge is 0.396 e. The summed E-state index contributed by atoms with van der Waals surface area (Å²) in [7, 11) is 0. The molecule has 0 bridgehead atoms. The number of nitrogens with one attached hydrogen (secondary N) is 1. The van der Waals surface area contributed by atoms with Crippen LogP contribution in [0.15, 0.2) is 41.6 Å². The first kappa shape index (κ1) is 16.6. The number of amides is 1. The Kier molecular flexibility index (Phi) is 6.48. The number of carbonyl (C=O) groups is 1. The van der Waals surface area contributed by atoms with Crippen LogP contribution in [0.2, 0.25) is 0 Å². The number of hydrogen-bond acceptors (Lipinski definition) is 4. The van der Waals surface area contributed by atoms with Gasteiger partial charge in [0, 0.05) is 48.1 Å². The summed E-state index contributed by atoms with van der Waals surface area (Å²) >= 11 is 1.57. The number of imidazole rings is 1. The molecular weight excluding hydrogens is 298 g/mol. The van der Waals surface area contributed by atoms with Crippen LogP contribution in [0.5, 0.6) is 0 Å². The van der Waals surface area contributed by atoms with Gasteiger partial charge in [-0.15, -0.1) is 11.8 Å². The number of hydrogen-bond donors (Lipinski definition) is 2. The lowest BCUT2D eigenvalue weighted by Gasteiger charge is -2.08. The second-order valence-corrected chi connectivity index (χ2v) is 5.91. The summed E-state index contributed by atoms with van der Waals surface area (Å²) in [5.74, 6) is 1.62. The number of aliphatic hydroxyl groups is 1. The van der Waals surface area contributed by atoms with Crippen LogP contribution >= 0.6 is 11.8 Å². The molecule has 118 valence electrons. The highest BCUT2D eigenvalue weighted by Gasteiger charge is 2.06. The van der Waals surface area contributed by atoms with Gasteiger partial charge in [0.1, 0.15) is 5.82 Å². The lowest BCUT2D eigenvalue weighted by Crippen LogP contribution is -2.27. The van der Waals surface area contributed by atoms with E-state index in [1.54, 1.807) is 18.0 Å². The average Bonchev–Trinajstić information content (AvgIpc) is 3.00. The normalized spacial score (nSPS) is 10.6. The number of aromatic nitrogens is 2. The minimum absolute atomic E-state index is 0.0723. The molecule has 0 unspecified atom stereocenters. The van der Waals surface area contributed by atoms with E-state index in [0.717, 1.165) is 23.7 Å². The van der Waals surface area contributed by atoms with E-state index >= 15 is 0 Å². The van der Waals surface area contributed by atoms with Crippen molar-refractivity contribution in [1.82, 2.24) is 14.9 Å². The van der Waals surface area contributed by atoms with E-state index in [1.807, 2.05) is 30.5 Å². The van der Waals surface area contributed by atoms with Gasteiger partial charge in [-0.05, 0) is 24.3 Å². The van der Waals surface area contributed by atoms with Gasteiger partial charge in [-0.1, -0.05) is 6.92 Å². The standard InChI is InChI=1S/C16H21N3O2S/c1-2-15-17-7-9-19(15)10-8-18-16(21)13-3-5-14(6-4-13)22-12-11-20/h3-7,9,20H,2,8,10-12H2,1H3,(H,18,21). The molecule has 0 aliphatic carbocycles. The van der Waals surface area contributed by atoms with Crippen molar-refractivity contribution in [1.29, 1.82) is 0 Å². The zero-order valence-electron chi connectivity index (χ0n) is 12.7. The zero-order valence-corrected chi connectivity index (χ0v) is 13.5. The zero-order chi connectivity index (χ0) is 15.8. The van der Waals surface area contributed by atoms with Crippen LogP contribution < -0.4 is 5.32 Å². The summed E-state index contributed by atoms with van der Waals surface area (Å²) < 4.78 is 2.05. The Balaban J connectivity index is 1.82. The Hall–Kier alpha value is -1.79. The van der Waals surface area contributed by atoms with Crippen LogP contribution in [0.1, 0.15) is 23.1 Å². The molecule has 5 nitrogen and oxygen atoms in total. The highest BCUT2D eigenvalue weighted by molar-refractivity contribution is 7.99. The van der Waals surface area contributed by atoms with Crippen LogP contribution in [-0.4, -0.2) is 39.5 Å². The molecular formula is C16H21N3O2S. The Labute approximate surface area is 134 Å². The van der Waals surface area contributed by atoms with Crippen molar-refractivity contribution in [2.45, 2.75) is 24.8 Å². The maximum absolute atomic E-state index is 12.1. The van der Waals surface area contributed by atoms with Gasteiger partial charge in [-0.3, -0.25) is 4.79 Å². The molecule has 1 aromatic carbocycles. The first-order chi connectivity index (χ1) is 10.7. The van der Waals surface area contributed by atoms with E-state index in [1.165, 1.54) is 0 Å². The fraction of sp³-hybridized carbons (Fsp3) is 0.375. The van der Waals surface area contributed by atoms with Crippen LogP contribution in [0.4, 0.5) is 0 Å². The molecule has 1 heterocycles. The molecule has 0 aliphatic heterocycles. The number of aliphatic hydroxyl groups excluding tert-OH is 1. The van der Waals surface area contributed by atoms with Crippen molar-refractivity contribution in [2.24, 2.45) is 0 Å². The number of nitrogens with zero attached hydrogens (tertiary/aromatic N) is 2. The van der Waals surface area contributed by atoms with Crippen molar-refractivity contribution >= 4 is 17.7 Å². The minimum atomic E-state index is -0.0723. The molecule has 0 fully saturated rings. The highest BCUT2D eigenvalue weighted by atomic mass is 32.2. The first-order valence-corrected chi connectivity index (χ1v) is 8.35. The van der Waals surface area contributed by atoms with Crippen molar-refractivity contribution < 1.29 is 9.90 Å². The third-order valence-corrected chi connectivity index (χ3v) is 4.22. The van der Waals surface area contributed by atoms with Gasteiger partial charge >= 0.3 is 0 Å². The molecule has 2 N–H and O–H groups in total. The quantitative estimate of drug-likeness (QED) is 0.730. The molecule has 1 aromatic heterocycles. The fourth-order valence-corrected chi connectivity index (χ4v) is 2.77. The molecule has 22 heavy (non-hydrogen) atoms. The number of aryl methyl sites for hydroxylation is 1. The van der Waals surface area contributed by atoms with E-state index in [4.69, 9.17) is 5.11 Å². The summed E-state index contributed by atoms with van der Waals surface area (Å²) in [4.78, 5) is 17.4. The van der Waals surface area contributed by atoms with Gasteiger partial charge in [0.15, 0.2) is 0 Å². The van der Waals surface area contributed by atoms with Crippen LogP contribution in [-0.2, 0) is 13.0 Å². The Morgan fingerprint density at radius 1 is 1.36 bits per heavy atom. The summed E-state index contributed by atoms with van der Waals surface area (Å²) in [6, 6.07) is 7.42. The highest BCUT2D eigenvalue weighted by Crippen LogP contribution is 2.17. The van der Waals surface area contributed by atoms with Gasteiger partial charge < -0.3 is 15.0 Å². The molecule has 0 radical (unpaired) electrons. The average molecular weight is 319 g/mol. The molecule has 6 heteroatoms. The van der Waals surface area contributed by atoms with Crippen LogP contribution in [0.25, 0.3) is 0 Å². The minimum Gasteiger partial charge on any atom is -0.396 e. The fourth-order valence-electron chi connectivity index (χ4n) is 2.12. The molecule has 2 rings (SSSR count). The van der Waals surface area contributed by atoms with Gasteiger partial charge in [0.05, 0.1) is 6.61 Å². The SMILES string of the molecule is CCc1nccn1CCNC(=O)c1ccc(SCCO)cc1. The van der Waals surface area contributed by atoms with E-state index in [-0.39, 0.29) is 12.5 Å². The van der Waals surface area contributed by atoms with Gasteiger partial charge in [-0.25, -0.2) is 4.98 Å². The second kappa shape index (κ2) is 8.60. The Morgan fingerprint density at radius 3 is 2.82 bits per heavy atom. The maximum Gasteiger partial charge on any atom is 0.251 e. The van der Waals surface area contributed by atoms with E-state index in [2.05, 4.69) is 21.8 Å². The summed E-state index contributed by atoms with van der Waals surface area (Å²) in [6.45, 7) is 3.51.